The number of rotatable bonds is 3. The first-order valence-corrected chi connectivity index (χ1v) is 4.36. The fraction of sp³-hybridized carbons (Fsp3) is 0.455. The predicted octanol–water partition coefficient (Wildman–Crippen LogP) is 1.97. The van der Waals surface area contributed by atoms with Gasteiger partial charge in [-0.2, -0.15) is 0 Å². The van der Waals surface area contributed by atoms with Gasteiger partial charge in [-0.1, -0.05) is 32.0 Å². The van der Waals surface area contributed by atoms with Crippen molar-refractivity contribution in [1.82, 2.24) is 0 Å². The van der Waals surface area contributed by atoms with E-state index in [1.807, 2.05) is 38.1 Å². The summed E-state index contributed by atoms with van der Waals surface area (Å²) in [6.07, 6.45) is 0. The van der Waals surface area contributed by atoms with Crippen molar-refractivity contribution in [1.29, 1.82) is 0 Å². The van der Waals surface area contributed by atoms with E-state index >= 15 is 0 Å². The van der Waals surface area contributed by atoms with Gasteiger partial charge in [0.15, 0.2) is 0 Å². The lowest BCUT2D eigenvalue weighted by Crippen LogP contribution is -2.22. The molecule has 1 N–H and O–H groups in total. The van der Waals surface area contributed by atoms with Gasteiger partial charge in [-0.05, 0) is 6.07 Å². The molecule has 2 nitrogen and oxygen atoms in total. The van der Waals surface area contributed by atoms with Gasteiger partial charge in [-0.3, -0.25) is 0 Å². The summed E-state index contributed by atoms with van der Waals surface area (Å²) in [5.41, 5.74) is 0.798. The number of aliphatic hydroxyl groups excluding tert-OH is 1. The van der Waals surface area contributed by atoms with Crippen LogP contribution in [0, 0.1) is 0 Å². The van der Waals surface area contributed by atoms with Crippen molar-refractivity contribution in [2.45, 2.75) is 19.3 Å². The van der Waals surface area contributed by atoms with Crippen LogP contribution in [0.25, 0.3) is 0 Å². The lowest BCUT2D eigenvalue weighted by Gasteiger charge is -2.24. The Bertz CT molecular complexity index is 279. The first-order valence-electron chi connectivity index (χ1n) is 4.36. The first-order chi connectivity index (χ1) is 6.11. The fourth-order valence-electron chi connectivity index (χ4n) is 1.29. The molecule has 0 unspecified atom stereocenters. The highest BCUT2D eigenvalue weighted by Gasteiger charge is 2.22. The minimum absolute atomic E-state index is 0.118. The Labute approximate surface area is 79.2 Å². The van der Waals surface area contributed by atoms with E-state index in [0.29, 0.717) is 0 Å². The number of methoxy groups -OCH3 is 1. The molecule has 0 aromatic heterocycles. The monoisotopic (exact) mass is 180 g/mol. The Morgan fingerprint density at radius 2 is 1.92 bits per heavy atom. The highest BCUT2D eigenvalue weighted by molar-refractivity contribution is 5.38. The van der Waals surface area contributed by atoms with Crippen molar-refractivity contribution in [2.75, 3.05) is 13.7 Å². The second kappa shape index (κ2) is 3.79. The smallest absolute Gasteiger partial charge is 0.122 e. The van der Waals surface area contributed by atoms with Crippen LogP contribution >= 0.6 is 0 Å². The Kier molecular flexibility index (Phi) is 2.94. The van der Waals surface area contributed by atoms with Gasteiger partial charge in [0.05, 0.1) is 13.7 Å². The van der Waals surface area contributed by atoms with Crippen LogP contribution in [0.15, 0.2) is 24.3 Å². The van der Waals surface area contributed by atoms with E-state index in [0.717, 1.165) is 11.3 Å². The summed E-state index contributed by atoms with van der Waals surface area (Å²) in [5, 5.41) is 9.21. The zero-order chi connectivity index (χ0) is 9.90. The second-order valence-electron chi connectivity index (χ2n) is 3.74. The van der Waals surface area contributed by atoms with E-state index in [9.17, 15) is 5.11 Å². The van der Waals surface area contributed by atoms with Gasteiger partial charge in [0.1, 0.15) is 5.75 Å². The van der Waals surface area contributed by atoms with Crippen LogP contribution < -0.4 is 4.74 Å². The summed E-state index contributed by atoms with van der Waals surface area (Å²) < 4.78 is 5.22. The third-order valence-electron chi connectivity index (χ3n) is 2.23. The summed E-state index contributed by atoms with van der Waals surface area (Å²) in [6, 6.07) is 7.77. The normalized spacial score (nSPS) is 11.4. The molecule has 13 heavy (non-hydrogen) atoms. The highest BCUT2D eigenvalue weighted by Crippen LogP contribution is 2.30. The summed E-state index contributed by atoms with van der Waals surface area (Å²) in [4.78, 5) is 0. The van der Waals surface area contributed by atoms with Crippen molar-refractivity contribution < 1.29 is 9.84 Å². The molecule has 1 aromatic rings. The SMILES string of the molecule is COc1ccccc1C(C)(C)CO. The van der Waals surface area contributed by atoms with Crippen molar-refractivity contribution in [3.05, 3.63) is 29.8 Å². The van der Waals surface area contributed by atoms with Crippen LogP contribution in [-0.2, 0) is 5.41 Å². The molecule has 0 aliphatic carbocycles. The van der Waals surface area contributed by atoms with E-state index in [2.05, 4.69) is 0 Å². The fourth-order valence-corrected chi connectivity index (χ4v) is 1.29. The van der Waals surface area contributed by atoms with Gasteiger partial charge in [-0.15, -0.1) is 0 Å². The van der Waals surface area contributed by atoms with Gasteiger partial charge in [0.2, 0.25) is 0 Å². The lowest BCUT2D eigenvalue weighted by molar-refractivity contribution is 0.215. The molecule has 0 saturated heterocycles. The average Bonchev–Trinajstić information content (AvgIpc) is 2.18. The Hall–Kier alpha value is -1.02. The van der Waals surface area contributed by atoms with Crippen LogP contribution in [0.5, 0.6) is 5.75 Å². The van der Waals surface area contributed by atoms with Gasteiger partial charge in [0, 0.05) is 11.0 Å². The quantitative estimate of drug-likeness (QED) is 0.770. The molecular formula is C11H16O2. The Balaban J connectivity index is 3.12. The van der Waals surface area contributed by atoms with Crippen LogP contribution in [0.1, 0.15) is 19.4 Å². The third-order valence-corrected chi connectivity index (χ3v) is 2.23. The molecule has 0 saturated carbocycles. The van der Waals surface area contributed by atoms with Crippen LogP contribution in [0.4, 0.5) is 0 Å². The van der Waals surface area contributed by atoms with Gasteiger partial charge in [0.25, 0.3) is 0 Å². The summed E-state index contributed by atoms with van der Waals surface area (Å²) in [7, 11) is 1.65. The van der Waals surface area contributed by atoms with Crippen LogP contribution in [0.3, 0.4) is 0 Å². The van der Waals surface area contributed by atoms with Gasteiger partial charge in [-0.25, -0.2) is 0 Å². The van der Waals surface area contributed by atoms with Crippen molar-refractivity contribution in [2.24, 2.45) is 0 Å². The zero-order valence-corrected chi connectivity index (χ0v) is 8.37. The van der Waals surface area contributed by atoms with E-state index in [4.69, 9.17) is 4.74 Å². The summed E-state index contributed by atoms with van der Waals surface area (Å²) in [5.74, 6) is 0.835. The summed E-state index contributed by atoms with van der Waals surface area (Å²) >= 11 is 0. The molecule has 0 bridgehead atoms. The summed E-state index contributed by atoms with van der Waals surface area (Å²) in [6.45, 7) is 4.10. The lowest BCUT2D eigenvalue weighted by atomic mass is 9.85. The predicted molar refractivity (Wildman–Crippen MR) is 53.1 cm³/mol. The maximum Gasteiger partial charge on any atom is 0.122 e. The van der Waals surface area contributed by atoms with Crippen molar-refractivity contribution in [3.63, 3.8) is 0 Å². The minimum Gasteiger partial charge on any atom is -0.496 e. The van der Waals surface area contributed by atoms with E-state index in [1.165, 1.54) is 0 Å². The molecule has 0 heterocycles. The van der Waals surface area contributed by atoms with Crippen LogP contribution in [-0.4, -0.2) is 18.8 Å². The first kappa shape index (κ1) is 10.1. The second-order valence-corrected chi connectivity index (χ2v) is 3.74. The highest BCUT2D eigenvalue weighted by atomic mass is 16.5. The van der Waals surface area contributed by atoms with Crippen LogP contribution in [0.2, 0.25) is 0 Å². The molecule has 0 amide bonds. The zero-order valence-electron chi connectivity index (χ0n) is 8.37. The standard InChI is InChI=1S/C11H16O2/c1-11(2,8-12)9-6-4-5-7-10(9)13-3/h4-7,12H,8H2,1-3H3. The molecule has 0 aliphatic heterocycles. The molecule has 0 fully saturated rings. The molecule has 0 atom stereocenters. The van der Waals surface area contributed by atoms with Gasteiger partial charge < -0.3 is 9.84 Å². The average molecular weight is 180 g/mol. The number of ether oxygens (including phenoxy) is 1. The Morgan fingerprint density at radius 1 is 1.31 bits per heavy atom. The Morgan fingerprint density at radius 3 is 2.46 bits per heavy atom. The van der Waals surface area contributed by atoms with E-state index in [1.54, 1.807) is 7.11 Å². The number of aliphatic hydroxyl groups is 1. The number of hydrogen-bond donors (Lipinski definition) is 1. The maximum absolute atomic E-state index is 9.21. The van der Waals surface area contributed by atoms with Gasteiger partial charge >= 0.3 is 0 Å². The van der Waals surface area contributed by atoms with Crippen molar-refractivity contribution >= 4 is 0 Å². The molecule has 1 rings (SSSR count). The molecule has 1 aromatic carbocycles. The largest absolute Gasteiger partial charge is 0.496 e. The van der Waals surface area contributed by atoms with E-state index in [-0.39, 0.29) is 12.0 Å². The molecule has 2 heteroatoms. The maximum atomic E-state index is 9.21. The molecular weight excluding hydrogens is 164 g/mol. The van der Waals surface area contributed by atoms with Crippen molar-refractivity contribution in [3.8, 4) is 5.75 Å². The number of para-hydroxylation sites is 1. The molecule has 0 aliphatic rings. The third kappa shape index (κ3) is 2.01. The number of hydrogen-bond acceptors (Lipinski definition) is 2. The number of benzene rings is 1. The molecule has 72 valence electrons. The molecule has 0 radical (unpaired) electrons. The topological polar surface area (TPSA) is 29.5 Å². The molecule has 0 spiro atoms. The minimum atomic E-state index is -0.243. The van der Waals surface area contributed by atoms with E-state index < -0.39 is 0 Å².